The van der Waals surface area contributed by atoms with Crippen molar-refractivity contribution in [3.05, 3.63) is 0 Å². The summed E-state index contributed by atoms with van der Waals surface area (Å²) in [5.74, 6) is 0. The summed E-state index contributed by atoms with van der Waals surface area (Å²) in [5.41, 5.74) is -1.11. The smallest absolute Gasteiger partial charge is 0.394 e. The Morgan fingerprint density at radius 1 is 1.26 bits per heavy atom. The highest BCUT2D eigenvalue weighted by Gasteiger charge is 2.44. The molecular weight excluding hydrogens is 354 g/mol. The van der Waals surface area contributed by atoms with Gasteiger partial charge in [0.2, 0.25) is 0 Å². The highest BCUT2D eigenvalue weighted by Crippen LogP contribution is 2.30. The van der Waals surface area contributed by atoms with Gasteiger partial charge in [0.15, 0.2) is 0 Å². The van der Waals surface area contributed by atoms with Crippen molar-refractivity contribution in [1.82, 2.24) is 0 Å². The standard InChI is InChI=1S/C11H21NO9S2/c1-2-3-4-7(12-21-23(17,18)19)22-11-10(16)9(15)8(14)6(5-13)20-11/h6,8-11,13-16H,2-5H2,1H3,(H,17,18,19)/t6-,8-,9+,10-,11+/m1/s1. The first-order valence-electron chi connectivity index (χ1n) is 6.89. The topological polar surface area (TPSA) is 166 Å². The van der Waals surface area contributed by atoms with Crippen LogP contribution < -0.4 is 0 Å². The third-order valence-electron chi connectivity index (χ3n) is 3.08. The van der Waals surface area contributed by atoms with Crippen molar-refractivity contribution in [1.29, 1.82) is 0 Å². The van der Waals surface area contributed by atoms with E-state index in [0.29, 0.717) is 6.42 Å². The molecule has 5 N–H and O–H groups in total. The molecule has 0 aromatic carbocycles. The molecule has 1 fully saturated rings. The summed E-state index contributed by atoms with van der Waals surface area (Å²) in [7, 11) is -4.77. The molecule has 0 bridgehead atoms. The lowest BCUT2D eigenvalue weighted by Crippen LogP contribution is -2.57. The molecule has 0 radical (unpaired) electrons. The van der Waals surface area contributed by atoms with E-state index in [0.717, 1.165) is 18.2 Å². The number of oxime groups is 1. The largest absolute Gasteiger partial charge is 0.466 e. The Labute approximate surface area is 138 Å². The van der Waals surface area contributed by atoms with Crippen LogP contribution in [0.1, 0.15) is 26.2 Å². The maximum Gasteiger partial charge on any atom is 0.466 e. The Balaban J connectivity index is 2.84. The van der Waals surface area contributed by atoms with E-state index in [4.69, 9.17) is 14.4 Å². The van der Waals surface area contributed by atoms with E-state index in [1.807, 2.05) is 6.92 Å². The van der Waals surface area contributed by atoms with Crippen molar-refractivity contribution in [2.45, 2.75) is 56.0 Å². The Morgan fingerprint density at radius 2 is 1.91 bits per heavy atom. The van der Waals surface area contributed by atoms with Gasteiger partial charge in [0, 0.05) is 0 Å². The molecule has 12 heteroatoms. The third-order valence-corrected chi connectivity index (χ3v) is 4.51. The van der Waals surface area contributed by atoms with Gasteiger partial charge in [-0.25, -0.2) is 4.28 Å². The highest BCUT2D eigenvalue weighted by molar-refractivity contribution is 8.14. The Morgan fingerprint density at radius 3 is 2.43 bits per heavy atom. The molecule has 1 aliphatic rings. The van der Waals surface area contributed by atoms with Crippen LogP contribution in [0.25, 0.3) is 0 Å². The van der Waals surface area contributed by atoms with E-state index in [2.05, 4.69) is 9.44 Å². The molecule has 0 saturated carbocycles. The fourth-order valence-corrected chi connectivity index (χ4v) is 3.18. The second-order valence-corrected chi connectivity index (χ2v) is 7.08. The average Bonchev–Trinajstić information content (AvgIpc) is 2.49. The van der Waals surface area contributed by atoms with Crippen LogP contribution in [0.5, 0.6) is 0 Å². The predicted octanol–water partition coefficient (Wildman–Crippen LogP) is -1.16. The predicted molar refractivity (Wildman–Crippen MR) is 81.0 cm³/mol. The number of hydrogen-bond donors (Lipinski definition) is 5. The van der Waals surface area contributed by atoms with Crippen molar-refractivity contribution in [3.63, 3.8) is 0 Å². The van der Waals surface area contributed by atoms with Gasteiger partial charge in [-0.2, -0.15) is 8.42 Å². The summed E-state index contributed by atoms with van der Waals surface area (Å²) in [6, 6.07) is 0. The van der Waals surface area contributed by atoms with E-state index >= 15 is 0 Å². The number of rotatable bonds is 7. The van der Waals surface area contributed by atoms with Crippen LogP contribution >= 0.6 is 11.8 Å². The maximum absolute atomic E-state index is 10.6. The summed E-state index contributed by atoms with van der Waals surface area (Å²) in [5, 5.41) is 41.8. The fourth-order valence-electron chi connectivity index (χ4n) is 1.84. The molecule has 0 spiro atoms. The van der Waals surface area contributed by atoms with Gasteiger partial charge in [-0.1, -0.05) is 30.3 Å². The summed E-state index contributed by atoms with van der Waals surface area (Å²) < 4.78 is 39.0. The second-order valence-electron chi connectivity index (χ2n) is 4.91. The zero-order valence-corrected chi connectivity index (χ0v) is 14.0. The zero-order valence-electron chi connectivity index (χ0n) is 12.3. The molecule has 1 rings (SSSR count). The van der Waals surface area contributed by atoms with Crippen molar-refractivity contribution >= 4 is 27.2 Å². The van der Waals surface area contributed by atoms with Gasteiger partial charge in [0.1, 0.15) is 34.9 Å². The molecule has 1 aliphatic heterocycles. The van der Waals surface area contributed by atoms with E-state index in [1.165, 1.54) is 0 Å². The summed E-state index contributed by atoms with van der Waals surface area (Å²) in [4.78, 5) is 0. The molecule has 0 aromatic rings. The molecule has 23 heavy (non-hydrogen) atoms. The second kappa shape index (κ2) is 9.13. The van der Waals surface area contributed by atoms with Crippen LogP contribution in [-0.4, -0.2) is 74.9 Å². The van der Waals surface area contributed by atoms with Gasteiger partial charge in [-0.3, -0.25) is 4.55 Å². The van der Waals surface area contributed by atoms with Gasteiger partial charge in [-0.05, 0) is 12.8 Å². The lowest BCUT2D eigenvalue weighted by Gasteiger charge is -2.39. The Bertz CT molecular complexity index is 496. The minimum absolute atomic E-state index is 0.105. The summed E-state index contributed by atoms with van der Waals surface area (Å²) in [6.45, 7) is 1.31. The van der Waals surface area contributed by atoms with Gasteiger partial charge in [0.05, 0.1) is 6.61 Å². The number of hydrogen-bond acceptors (Lipinski definition) is 10. The molecular formula is C11H21NO9S2. The number of aliphatic hydroxyl groups is 4. The number of ether oxygens (including phenoxy) is 1. The lowest BCUT2D eigenvalue weighted by molar-refractivity contribution is -0.205. The molecule has 0 unspecified atom stereocenters. The minimum Gasteiger partial charge on any atom is -0.394 e. The monoisotopic (exact) mass is 375 g/mol. The van der Waals surface area contributed by atoms with E-state index < -0.39 is 46.9 Å². The first kappa shape index (κ1) is 20.6. The molecule has 1 saturated heterocycles. The normalized spacial score (nSPS) is 32.8. The molecule has 10 nitrogen and oxygen atoms in total. The average molecular weight is 375 g/mol. The summed E-state index contributed by atoms with van der Waals surface area (Å²) in [6.07, 6.45) is -3.94. The van der Waals surface area contributed by atoms with E-state index in [9.17, 15) is 23.7 Å². The molecule has 0 amide bonds. The van der Waals surface area contributed by atoms with Crippen molar-refractivity contribution in [2.24, 2.45) is 5.16 Å². The van der Waals surface area contributed by atoms with Crippen LogP contribution in [0, 0.1) is 0 Å². The first-order valence-corrected chi connectivity index (χ1v) is 9.14. The SMILES string of the molecule is CCCCC(=NOS(=O)(=O)O)S[C@@H]1O[C@H](CO)[C@@H](O)[C@H](O)[C@H]1O. The maximum atomic E-state index is 10.6. The van der Waals surface area contributed by atoms with Crippen LogP contribution in [0.4, 0.5) is 0 Å². The Kier molecular flexibility index (Phi) is 8.17. The van der Waals surface area contributed by atoms with Crippen molar-refractivity contribution < 1.29 is 42.4 Å². The quantitative estimate of drug-likeness (QED) is 0.158. The van der Waals surface area contributed by atoms with Gasteiger partial charge in [0.25, 0.3) is 0 Å². The van der Waals surface area contributed by atoms with Gasteiger partial charge in [-0.15, -0.1) is 0 Å². The van der Waals surface area contributed by atoms with Crippen molar-refractivity contribution in [3.8, 4) is 0 Å². The first-order chi connectivity index (χ1) is 10.7. The molecule has 5 atom stereocenters. The fraction of sp³-hybridized carbons (Fsp3) is 0.909. The van der Waals surface area contributed by atoms with Gasteiger partial charge < -0.3 is 25.2 Å². The van der Waals surface area contributed by atoms with Crippen LogP contribution in [0.3, 0.4) is 0 Å². The third kappa shape index (κ3) is 6.51. The number of nitrogens with zero attached hydrogens (tertiary/aromatic N) is 1. The number of aliphatic hydroxyl groups excluding tert-OH is 4. The highest BCUT2D eigenvalue weighted by atomic mass is 32.3. The molecule has 0 aromatic heterocycles. The van der Waals surface area contributed by atoms with E-state index in [1.54, 1.807) is 0 Å². The van der Waals surface area contributed by atoms with Crippen LogP contribution in [0.15, 0.2) is 5.16 Å². The van der Waals surface area contributed by atoms with Gasteiger partial charge >= 0.3 is 10.4 Å². The summed E-state index contributed by atoms with van der Waals surface area (Å²) >= 11 is 0.774. The molecule has 1 heterocycles. The molecule has 136 valence electrons. The number of thioether (sulfide) groups is 1. The Hall–Kier alpha value is -0.470. The van der Waals surface area contributed by atoms with Crippen molar-refractivity contribution in [2.75, 3.05) is 6.61 Å². The lowest BCUT2D eigenvalue weighted by atomic mass is 10.0. The zero-order chi connectivity index (χ0) is 17.6. The minimum atomic E-state index is -4.77. The van der Waals surface area contributed by atoms with E-state index in [-0.39, 0.29) is 11.5 Å². The van der Waals surface area contributed by atoms with Crippen LogP contribution in [0.2, 0.25) is 0 Å². The number of unbranched alkanes of at least 4 members (excludes halogenated alkanes) is 1. The molecule has 0 aliphatic carbocycles. The van der Waals surface area contributed by atoms with Crippen LogP contribution in [-0.2, 0) is 19.4 Å².